The molecule has 0 unspecified atom stereocenters. The number of carbonyl (C=O) groups is 1. The Labute approximate surface area is 153 Å². The van der Waals surface area contributed by atoms with Gasteiger partial charge in [0.25, 0.3) is 5.69 Å². The van der Waals surface area contributed by atoms with Crippen LogP contribution in [0.4, 0.5) is 5.69 Å². The highest BCUT2D eigenvalue weighted by Crippen LogP contribution is 2.25. The molecule has 0 aliphatic rings. The van der Waals surface area contributed by atoms with Gasteiger partial charge in [0.1, 0.15) is 17.3 Å². The largest absolute Gasteiger partial charge is 0.456 e. The van der Waals surface area contributed by atoms with Crippen molar-refractivity contribution in [3.8, 4) is 0 Å². The minimum atomic E-state index is -0.580. The van der Waals surface area contributed by atoms with Crippen molar-refractivity contribution in [1.29, 1.82) is 0 Å². The molecule has 1 aromatic carbocycles. The highest BCUT2D eigenvalue weighted by atomic mass is 35.5. The van der Waals surface area contributed by atoms with E-state index >= 15 is 0 Å². The molecule has 0 aliphatic carbocycles. The number of aromatic nitrogens is 2. The van der Waals surface area contributed by atoms with Crippen molar-refractivity contribution >= 4 is 35.0 Å². The summed E-state index contributed by atoms with van der Waals surface area (Å²) in [4.78, 5) is 26.5. The summed E-state index contributed by atoms with van der Waals surface area (Å²) < 4.78 is 7.01. The predicted octanol–water partition coefficient (Wildman–Crippen LogP) is 3.96. The van der Waals surface area contributed by atoms with Gasteiger partial charge >= 0.3 is 5.97 Å². The molecule has 3 aromatic rings. The molecule has 0 aliphatic heterocycles. The third-order valence-electron chi connectivity index (χ3n) is 3.59. The number of fused-ring (bicyclic) bond motifs is 1. The maximum Gasteiger partial charge on any atom is 0.331 e. The van der Waals surface area contributed by atoms with E-state index in [9.17, 15) is 14.9 Å². The van der Waals surface area contributed by atoms with Gasteiger partial charge in [0.05, 0.1) is 10.6 Å². The molecule has 0 spiro atoms. The zero-order valence-corrected chi connectivity index (χ0v) is 14.5. The van der Waals surface area contributed by atoms with E-state index in [0.717, 1.165) is 11.2 Å². The number of benzene rings is 1. The standard InChI is InChI=1S/C18H14ClN3O4/c1-12-2-6-17-20-14(10-21(17)9-12)11-26-18(23)7-4-13-3-5-15(19)16(8-13)22(24)25/h2-10H,11H2,1H3/b7-4+. The highest BCUT2D eigenvalue weighted by Gasteiger charge is 2.12. The van der Waals surface area contributed by atoms with Crippen LogP contribution in [0, 0.1) is 17.0 Å². The SMILES string of the molecule is Cc1ccc2nc(COC(=O)/C=C/c3ccc(Cl)c([N+](=O)[O-])c3)cn2c1. The fraction of sp³-hybridized carbons (Fsp3) is 0.111. The number of nitro benzene ring substituents is 1. The van der Waals surface area contributed by atoms with E-state index in [2.05, 4.69) is 4.98 Å². The molecule has 0 saturated heterocycles. The van der Waals surface area contributed by atoms with E-state index in [4.69, 9.17) is 16.3 Å². The summed E-state index contributed by atoms with van der Waals surface area (Å²) in [5, 5.41) is 10.9. The van der Waals surface area contributed by atoms with Crippen LogP contribution in [0.15, 0.2) is 48.8 Å². The van der Waals surface area contributed by atoms with Crippen LogP contribution in [0.2, 0.25) is 5.02 Å². The van der Waals surface area contributed by atoms with Crippen molar-refractivity contribution < 1.29 is 14.5 Å². The van der Waals surface area contributed by atoms with Gasteiger partial charge in [0.15, 0.2) is 0 Å². The van der Waals surface area contributed by atoms with E-state index in [0.29, 0.717) is 11.3 Å². The lowest BCUT2D eigenvalue weighted by Gasteiger charge is -1.99. The Morgan fingerprint density at radius 3 is 2.92 bits per heavy atom. The summed E-state index contributed by atoms with van der Waals surface area (Å²) in [6.45, 7) is 2.01. The fourth-order valence-corrected chi connectivity index (χ4v) is 2.54. The summed E-state index contributed by atoms with van der Waals surface area (Å²) in [6, 6.07) is 8.10. The molecule has 0 radical (unpaired) electrons. The molecule has 8 heteroatoms. The number of ether oxygens (including phenoxy) is 1. The van der Waals surface area contributed by atoms with Crippen LogP contribution in [0.1, 0.15) is 16.8 Å². The lowest BCUT2D eigenvalue weighted by atomic mass is 10.2. The number of halogens is 1. The first-order valence-electron chi connectivity index (χ1n) is 7.65. The van der Waals surface area contributed by atoms with Crippen LogP contribution < -0.4 is 0 Å². The van der Waals surface area contributed by atoms with Gasteiger partial charge in [0, 0.05) is 24.5 Å². The Morgan fingerprint density at radius 2 is 2.15 bits per heavy atom. The smallest absolute Gasteiger partial charge is 0.331 e. The van der Waals surface area contributed by atoms with Crippen molar-refractivity contribution in [2.45, 2.75) is 13.5 Å². The van der Waals surface area contributed by atoms with Gasteiger partial charge in [-0.2, -0.15) is 0 Å². The van der Waals surface area contributed by atoms with Gasteiger partial charge in [-0.05, 0) is 36.3 Å². The van der Waals surface area contributed by atoms with Crippen molar-refractivity contribution in [3.05, 3.63) is 80.8 Å². The number of pyridine rings is 1. The van der Waals surface area contributed by atoms with E-state index in [1.165, 1.54) is 24.3 Å². The molecule has 0 amide bonds. The quantitative estimate of drug-likeness (QED) is 0.293. The molecule has 132 valence electrons. The molecule has 0 saturated carbocycles. The first-order chi connectivity index (χ1) is 12.4. The van der Waals surface area contributed by atoms with Crippen LogP contribution in [-0.4, -0.2) is 20.3 Å². The summed E-state index contributed by atoms with van der Waals surface area (Å²) in [5.74, 6) is -0.573. The first kappa shape index (κ1) is 17.6. The van der Waals surface area contributed by atoms with Crippen LogP contribution in [0.5, 0.6) is 0 Å². The molecule has 2 heterocycles. The molecule has 0 fully saturated rings. The van der Waals surface area contributed by atoms with Crippen molar-refractivity contribution in [1.82, 2.24) is 9.38 Å². The van der Waals surface area contributed by atoms with E-state index < -0.39 is 10.9 Å². The Bertz CT molecular complexity index is 1030. The predicted molar refractivity (Wildman–Crippen MR) is 96.9 cm³/mol. The maximum atomic E-state index is 11.8. The van der Waals surface area contributed by atoms with Gasteiger partial charge in [-0.3, -0.25) is 10.1 Å². The van der Waals surface area contributed by atoms with Crippen molar-refractivity contribution in [2.75, 3.05) is 0 Å². The average molecular weight is 372 g/mol. The number of rotatable bonds is 5. The number of nitrogens with zero attached hydrogens (tertiary/aromatic N) is 3. The summed E-state index contributed by atoms with van der Waals surface area (Å²) in [6.07, 6.45) is 6.36. The van der Waals surface area contributed by atoms with E-state index in [-0.39, 0.29) is 17.3 Å². The minimum Gasteiger partial charge on any atom is -0.456 e. The number of esters is 1. The number of nitro groups is 1. The van der Waals surface area contributed by atoms with Gasteiger partial charge in [-0.15, -0.1) is 0 Å². The normalized spacial score (nSPS) is 11.2. The third kappa shape index (κ3) is 4.07. The Balaban J connectivity index is 1.64. The average Bonchev–Trinajstić information content (AvgIpc) is 3.01. The summed E-state index contributed by atoms with van der Waals surface area (Å²) >= 11 is 5.75. The number of hydrogen-bond acceptors (Lipinski definition) is 5. The van der Waals surface area contributed by atoms with Gasteiger partial charge in [0.2, 0.25) is 0 Å². The molecule has 7 nitrogen and oxygen atoms in total. The molecular weight excluding hydrogens is 358 g/mol. The summed E-state index contributed by atoms with van der Waals surface area (Å²) in [5.41, 5.74) is 2.74. The third-order valence-corrected chi connectivity index (χ3v) is 3.91. The van der Waals surface area contributed by atoms with Gasteiger partial charge < -0.3 is 9.14 Å². The number of hydrogen-bond donors (Lipinski definition) is 0. The van der Waals surface area contributed by atoms with Gasteiger partial charge in [-0.25, -0.2) is 9.78 Å². The second kappa shape index (κ2) is 7.37. The molecule has 0 atom stereocenters. The minimum absolute atomic E-state index is 0.0324. The molecule has 0 bridgehead atoms. The van der Waals surface area contributed by atoms with Crippen molar-refractivity contribution in [2.24, 2.45) is 0 Å². The van der Waals surface area contributed by atoms with Crippen LogP contribution >= 0.6 is 11.6 Å². The Kier molecular flexibility index (Phi) is 4.99. The van der Waals surface area contributed by atoms with Gasteiger partial charge in [-0.1, -0.05) is 23.7 Å². The van der Waals surface area contributed by atoms with Crippen molar-refractivity contribution in [3.63, 3.8) is 0 Å². The van der Waals surface area contributed by atoms with E-state index in [1.54, 1.807) is 12.3 Å². The molecule has 0 N–H and O–H groups in total. The van der Waals surface area contributed by atoms with Crippen LogP contribution in [0.3, 0.4) is 0 Å². The summed E-state index contributed by atoms with van der Waals surface area (Å²) in [7, 11) is 0. The topological polar surface area (TPSA) is 86.7 Å². The molecular formula is C18H14ClN3O4. The second-order valence-electron chi connectivity index (χ2n) is 5.61. The fourth-order valence-electron chi connectivity index (χ4n) is 2.36. The number of carbonyl (C=O) groups excluding carboxylic acids is 1. The highest BCUT2D eigenvalue weighted by molar-refractivity contribution is 6.32. The Morgan fingerprint density at radius 1 is 1.35 bits per heavy atom. The molecule has 2 aromatic heterocycles. The monoisotopic (exact) mass is 371 g/mol. The number of imidazole rings is 1. The first-order valence-corrected chi connectivity index (χ1v) is 8.03. The van der Waals surface area contributed by atoms with Crippen LogP contribution in [-0.2, 0) is 16.1 Å². The Hall–Kier alpha value is -3.19. The zero-order chi connectivity index (χ0) is 18.7. The lowest BCUT2D eigenvalue weighted by Crippen LogP contribution is -2.00. The molecule has 26 heavy (non-hydrogen) atoms. The number of aryl methyl sites for hydroxylation is 1. The molecule has 3 rings (SSSR count). The second-order valence-corrected chi connectivity index (χ2v) is 6.02. The maximum absolute atomic E-state index is 11.8. The van der Waals surface area contributed by atoms with Crippen LogP contribution in [0.25, 0.3) is 11.7 Å². The zero-order valence-electron chi connectivity index (χ0n) is 13.8. The van der Waals surface area contributed by atoms with E-state index in [1.807, 2.05) is 29.7 Å². The lowest BCUT2D eigenvalue weighted by molar-refractivity contribution is -0.384.